The smallest absolute Gasteiger partial charge is 0.251 e. The molecule has 21 heavy (non-hydrogen) atoms. The number of aliphatic hydroxyl groups is 1. The molecule has 1 aromatic carbocycles. The lowest BCUT2D eigenvalue weighted by Gasteiger charge is -2.32. The number of aryl methyl sites for hydroxylation is 2. The summed E-state index contributed by atoms with van der Waals surface area (Å²) in [6.07, 6.45) is 5.80. The molecule has 114 valence electrons. The summed E-state index contributed by atoms with van der Waals surface area (Å²) < 4.78 is 5.25. The number of benzene rings is 1. The molecule has 0 aromatic heterocycles. The molecule has 1 heterocycles. The zero-order valence-corrected chi connectivity index (χ0v) is 12.4. The van der Waals surface area contributed by atoms with Gasteiger partial charge in [-0.25, -0.2) is 0 Å². The maximum absolute atomic E-state index is 12.3. The van der Waals surface area contributed by atoms with Crippen LogP contribution in [0.1, 0.15) is 47.2 Å². The summed E-state index contributed by atoms with van der Waals surface area (Å²) >= 11 is 0. The summed E-state index contributed by atoms with van der Waals surface area (Å²) in [4.78, 5) is 12.3. The van der Waals surface area contributed by atoms with Crippen LogP contribution in [0.4, 0.5) is 0 Å². The molecular formula is C17H23NO3. The van der Waals surface area contributed by atoms with E-state index in [1.54, 1.807) is 0 Å². The fourth-order valence-corrected chi connectivity index (χ4v) is 3.15. The van der Waals surface area contributed by atoms with Crippen molar-refractivity contribution in [2.24, 2.45) is 0 Å². The average Bonchev–Trinajstić information content (AvgIpc) is 2.53. The van der Waals surface area contributed by atoms with E-state index in [0.29, 0.717) is 38.2 Å². The lowest BCUT2D eigenvalue weighted by Crippen LogP contribution is -2.46. The van der Waals surface area contributed by atoms with Crippen molar-refractivity contribution in [3.8, 4) is 0 Å². The molecular weight excluding hydrogens is 266 g/mol. The fourth-order valence-electron chi connectivity index (χ4n) is 3.15. The van der Waals surface area contributed by atoms with E-state index in [1.165, 1.54) is 24.0 Å². The second kappa shape index (κ2) is 6.16. The predicted molar refractivity (Wildman–Crippen MR) is 80.4 cm³/mol. The standard InChI is InChI=1S/C17H23NO3/c19-16(18-12-17(20)7-9-21-10-8-17)15-6-5-13-3-1-2-4-14(13)11-15/h5-6,11,20H,1-4,7-10,12H2,(H,18,19). The van der Waals surface area contributed by atoms with Gasteiger partial charge >= 0.3 is 0 Å². The van der Waals surface area contributed by atoms with Gasteiger partial charge in [-0.15, -0.1) is 0 Å². The summed E-state index contributed by atoms with van der Waals surface area (Å²) in [6.45, 7) is 1.42. The first-order valence-corrected chi connectivity index (χ1v) is 7.86. The van der Waals surface area contributed by atoms with Crippen LogP contribution >= 0.6 is 0 Å². The monoisotopic (exact) mass is 289 g/mol. The summed E-state index contributed by atoms with van der Waals surface area (Å²) in [5, 5.41) is 13.2. The van der Waals surface area contributed by atoms with Crippen LogP contribution in [-0.4, -0.2) is 36.4 Å². The van der Waals surface area contributed by atoms with Gasteiger partial charge in [0.05, 0.1) is 5.60 Å². The Morgan fingerprint density at radius 2 is 1.90 bits per heavy atom. The van der Waals surface area contributed by atoms with Gasteiger partial charge in [-0.05, 0) is 48.9 Å². The van der Waals surface area contributed by atoms with Crippen molar-refractivity contribution in [1.82, 2.24) is 5.32 Å². The zero-order valence-electron chi connectivity index (χ0n) is 12.4. The molecule has 1 fully saturated rings. The molecule has 4 nitrogen and oxygen atoms in total. The number of carbonyl (C=O) groups is 1. The Morgan fingerprint density at radius 1 is 1.19 bits per heavy atom. The zero-order chi connectivity index (χ0) is 14.7. The van der Waals surface area contributed by atoms with E-state index in [4.69, 9.17) is 4.74 Å². The molecule has 0 bridgehead atoms. The highest BCUT2D eigenvalue weighted by Crippen LogP contribution is 2.23. The maximum atomic E-state index is 12.3. The van der Waals surface area contributed by atoms with Crippen LogP contribution in [0.2, 0.25) is 0 Å². The van der Waals surface area contributed by atoms with E-state index < -0.39 is 5.60 Å². The summed E-state index contributed by atoms with van der Waals surface area (Å²) in [5.74, 6) is -0.0942. The Hall–Kier alpha value is -1.39. The largest absolute Gasteiger partial charge is 0.388 e. The molecule has 0 radical (unpaired) electrons. The third kappa shape index (κ3) is 3.44. The minimum Gasteiger partial charge on any atom is -0.388 e. The first-order valence-electron chi connectivity index (χ1n) is 7.86. The summed E-state index contributed by atoms with van der Waals surface area (Å²) in [6, 6.07) is 5.98. The third-order valence-electron chi connectivity index (χ3n) is 4.61. The van der Waals surface area contributed by atoms with E-state index >= 15 is 0 Å². The minimum absolute atomic E-state index is 0.0942. The number of amides is 1. The average molecular weight is 289 g/mol. The van der Waals surface area contributed by atoms with Crippen LogP contribution < -0.4 is 5.32 Å². The van der Waals surface area contributed by atoms with Crippen molar-refractivity contribution < 1.29 is 14.6 Å². The highest BCUT2D eigenvalue weighted by molar-refractivity contribution is 5.94. The van der Waals surface area contributed by atoms with Gasteiger partial charge in [0.25, 0.3) is 5.91 Å². The molecule has 3 rings (SSSR count). The maximum Gasteiger partial charge on any atom is 0.251 e. The number of rotatable bonds is 3. The van der Waals surface area contributed by atoms with E-state index in [9.17, 15) is 9.90 Å². The van der Waals surface area contributed by atoms with Crippen molar-refractivity contribution in [3.05, 3.63) is 34.9 Å². The Bertz CT molecular complexity index is 521. The lowest BCUT2D eigenvalue weighted by atomic mass is 9.90. The van der Waals surface area contributed by atoms with Crippen molar-refractivity contribution >= 4 is 5.91 Å². The molecule has 1 aliphatic carbocycles. The second-order valence-electron chi connectivity index (χ2n) is 6.21. The number of hydrogen-bond acceptors (Lipinski definition) is 3. The van der Waals surface area contributed by atoms with Gasteiger partial charge in [-0.1, -0.05) is 6.07 Å². The number of ether oxygens (including phenoxy) is 1. The Labute approximate surface area is 125 Å². The first-order chi connectivity index (χ1) is 10.2. The molecule has 1 amide bonds. The van der Waals surface area contributed by atoms with Gasteiger partial charge in [0.15, 0.2) is 0 Å². The first kappa shape index (κ1) is 14.5. The van der Waals surface area contributed by atoms with Crippen LogP contribution in [0.25, 0.3) is 0 Å². The van der Waals surface area contributed by atoms with Crippen molar-refractivity contribution in [2.45, 2.75) is 44.1 Å². The van der Waals surface area contributed by atoms with Gasteiger partial charge in [0.1, 0.15) is 0 Å². The molecule has 0 saturated carbocycles. The fraction of sp³-hybridized carbons (Fsp3) is 0.588. The normalized spacial score (nSPS) is 20.6. The number of carbonyl (C=O) groups excluding carboxylic acids is 1. The van der Waals surface area contributed by atoms with E-state index in [1.807, 2.05) is 12.1 Å². The van der Waals surface area contributed by atoms with Gasteiger partial charge in [0.2, 0.25) is 0 Å². The quantitative estimate of drug-likeness (QED) is 0.892. The molecule has 0 spiro atoms. The SMILES string of the molecule is O=C(NCC1(O)CCOCC1)c1ccc2c(c1)CCCC2. The van der Waals surface area contributed by atoms with Crippen LogP contribution in [-0.2, 0) is 17.6 Å². The lowest BCUT2D eigenvalue weighted by molar-refractivity contribution is -0.0605. The van der Waals surface area contributed by atoms with Gasteiger partial charge < -0.3 is 15.2 Å². The molecule has 4 heteroatoms. The highest BCUT2D eigenvalue weighted by Gasteiger charge is 2.30. The number of fused-ring (bicyclic) bond motifs is 1. The minimum atomic E-state index is -0.817. The third-order valence-corrected chi connectivity index (χ3v) is 4.61. The molecule has 0 atom stereocenters. The molecule has 1 aliphatic heterocycles. The van der Waals surface area contributed by atoms with Crippen LogP contribution in [0.5, 0.6) is 0 Å². The van der Waals surface area contributed by atoms with Gasteiger partial charge in [-0.2, -0.15) is 0 Å². The summed E-state index contributed by atoms with van der Waals surface area (Å²) in [7, 11) is 0. The van der Waals surface area contributed by atoms with Crippen molar-refractivity contribution in [3.63, 3.8) is 0 Å². The predicted octanol–water partition coefficient (Wildman–Crippen LogP) is 1.84. The summed E-state index contributed by atoms with van der Waals surface area (Å²) in [5.41, 5.74) is 2.56. The topological polar surface area (TPSA) is 58.6 Å². The molecule has 1 saturated heterocycles. The van der Waals surface area contributed by atoms with Gasteiger partial charge in [0, 0.05) is 38.2 Å². The Kier molecular flexibility index (Phi) is 4.27. The van der Waals surface area contributed by atoms with Crippen LogP contribution in [0.3, 0.4) is 0 Å². The number of nitrogens with one attached hydrogen (secondary N) is 1. The van der Waals surface area contributed by atoms with Crippen LogP contribution in [0.15, 0.2) is 18.2 Å². The van der Waals surface area contributed by atoms with Crippen molar-refractivity contribution in [2.75, 3.05) is 19.8 Å². The number of hydrogen-bond donors (Lipinski definition) is 2. The molecule has 2 aliphatic rings. The Morgan fingerprint density at radius 3 is 2.67 bits per heavy atom. The second-order valence-corrected chi connectivity index (χ2v) is 6.21. The molecule has 2 N–H and O–H groups in total. The van der Waals surface area contributed by atoms with Gasteiger partial charge in [-0.3, -0.25) is 4.79 Å². The van der Waals surface area contributed by atoms with Crippen LogP contribution in [0, 0.1) is 0 Å². The van der Waals surface area contributed by atoms with Crippen molar-refractivity contribution in [1.29, 1.82) is 0 Å². The Balaban J connectivity index is 1.62. The van der Waals surface area contributed by atoms with E-state index in [0.717, 1.165) is 12.8 Å². The van der Waals surface area contributed by atoms with E-state index in [-0.39, 0.29) is 5.91 Å². The highest BCUT2D eigenvalue weighted by atomic mass is 16.5. The molecule has 0 unspecified atom stereocenters. The van der Waals surface area contributed by atoms with E-state index in [2.05, 4.69) is 11.4 Å². The molecule has 1 aromatic rings.